The van der Waals surface area contributed by atoms with E-state index in [9.17, 15) is 9.59 Å². The lowest BCUT2D eigenvalue weighted by atomic mass is 10.5. The Kier molecular flexibility index (Phi) is 6.40. The van der Waals surface area contributed by atoms with E-state index in [0.29, 0.717) is 6.54 Å². The summed E-state index contributed by atoms with van der Waals surface area (Å²) in [6.45, 7) is 4.19. The van der Waals surface area contributed by atoms with E-state index in [2.05, 4.69) is 5.32 Å². The number of hydrogen-bond donors (Lipinski definition) is 2. The van der Waals surface area contributed by atoms with Gasteiger partial charge in [0.25, 0.3) is 0 Å². The van der Waals surface area contributed by atoms with Crippen molar-refractivity contribution in [2.24, 2.45) is 0 Å². The third-order valence-corrected chi connectivity index (χ3v) is 2.51. The van der Waals surface area contributed by atoms with Crippen molar-refractivity contribution in [2.75, 3.05) is 12.3 Å². The molecule has 0 aromatic rings. The van der Waals surface area contributed by atoms with Crippen molar-refractivity contribution in [3.63, 3.8) is 0 Å². The number of rotatable bonds is 6. The first-order valence-corrected chi connectivity index (χ1v) is 5.24. The molecule has 0 fully saturated rings. The van der Waals surface area contributed by atoms with E-state index in [4.69, 9.17) is 5.11 Å². The molecule has 1 amide bonds. The zero-order valence-corrected chi connectivity index (χ0v) is 8.69. The molecule has 0 rings (SSSR count). The van der Waals surface area contributed by atoms with Crippen molar-refractivity contribution in [1.29, 1.82) is 0 Å². The summed E-state index contributed by atoms with van der Waals surface area (Å²) >= 11 is 1.13. The van der Waals surface area contributed by atoms with E-state index in [1.165, 1.54) is 0 Å². The lowest BCUT2D eigenvalue weighted by Crippen LogP contribution is -2.27. The lowest BCUT2D eigenvalue weighted by molar-refractivity contribution is -0.136. The predicted molar refractivity (Wildman–Crippen MR) is 52.9 cm³/mol. The van der Waals surface area contributed by atoms with Gasteiger partial charge in [0, 0.05) is 6.54 Å². The van der Waals surface area contributed by atoms with Crippen LogP contribution in [0.1, 0.15) is 20.3 Å². The van der Waals surface area contributed by atoms with Crippen molar-refractivity contribution >= 4 is 23.6 Å². The summed E-state index contributed by atoms with van der Waals surface area (Å²) in [7, 11) is 0. The molecule has 4 nitrogen and oxygen atoms in total. The van der Waals surface area contributed by atoms with Crippen LogP contribution in [-0.4, -0.2) is 34.5 Å². The molecule has 0 aliphatic rings. The zero-order chi connectivity index (χ0) is 10.3. The van der Waals surface area contributed by atoms with Crippen molar-refractivity contribution in [1.82, 2.24) is 5.32 Å². The number of carbonyl (C=O) groups is 2. The molecule has 5 heteroatoms. The molecule has 0 spiro atoms. The van der Waals surface area contributed by atoms with Crippen LogP contribution in [0.3, 0.4) is 0 Å². The van der Waals surface area contributed by atoms with Gasteiger partial charge in [0.15, 0.2) is 0 Å². The smallest absolute Gasteiger partial charge is 0.316 e. The molecular formula is C8H15NO3S. The van der Waals surface area contributed by atoms with Gasteiger partial charge in [-0.25, -0.2) is 0 Å². The Labute approximate surface area is 82.1 Å². The number of hydrogen-bond acceptors (Lipinski definition) is 3. The minimum atomic E-state index is -0.881. The summed E-state index contributed by atoms with van der Waals surface area (Å²) in [6.07, 6.45) is 0.894. The van der Waals surface area contributed by atoms with Crippen molar-refractivity contribution in [3.05, 3.63) is 0 Å². The highest BCUT2D eigenvalue weighted by Crippen LogP contribution is 2.09. The Bertz CT molecular complexity index is 184. The SMILES string of the molecule is CCCNC(=O)CSC(C)C(=O)O. The fourth-order valence-electron chi connectivity index (χ4n) is 0.587. The molecule has 2 N–H and O–H groups in total. The topological polar surface area (TPSA) is 66.4 Å². The second-order valence-electron chi connectivity index (χ2n) is 2.64. The largest absolute Gasteiger partial charge is 0.480 e. The summed E-state index contributed by atoms with van der Waals surface area (Å²) in [5, 5.41) is 10.7. The highest BCUT2D eigenvalue weighted by atomic mass is 32.2. The average Bonchev–Trinajstić information content (AvgIpc) is 2.10. The normalized spacial score (nSPS) is 12.2. The van der Waals surface area contributed by atoms with Crippen LogP contribution in [0.4, 0.5) is 0 Å². The summed E-state index contributed by atoms with van der Waals surface area (Å²) in [4.78, 5) is 21.4. The number of aliphatic carboxylic acids is 1. The minimum Gasteiger partial charge on any atom is -0.480 e. The molecule has 1 atom stereocenters. The molecule has 13 heavy (non-hydrogen) atoms. The number of thioether (sulfide) groups is 1. The molecular weight excluding hydrogens is 190 g/mol. The summed E-state index contributed by atoms with van der Waals surface area (Å²) in [5.41, 5.74) is 0. The van der Waals surface area contributed by atoms with Gasteiger partial charge in [0.2, 0.25) is 5.91 Å². The summed E-state index contributed by atoms with van der Waals surface area (Å²) < 4.78 is 0. The Morgan fingerprint density at radius 2 is 2.15 bits per heavy atom. The van der Waals surface area contributed by atoms with Gasteiger partial charge in [-0.3, -0.25) is 9.59 Å². The van der Waals surface area contributed by atoms with E-state index in [1.54, 1.807) is 6.92 Å². The van der Waals surface area contributed by atoms with Gasteiger partial charge >= 0.3 is 5.97 Å². The number of carboxylic acid groups (broad SMARTS) is 1. The van der Waals surface area contributed by atoms with Gasteiger partial charge in [-0.05, 0) is 13.3 Å². The maximum atomic E-state index is 11.0. The van der Waals surface area contributed by atoms with Crippen molar-refractivity contribution in [3.8, 4) is 0 Å². The highest BCUT2D eigenvalue weighted by Gasteiger charge is 2.12. The van der Waals surface area contributed by atoms with Crippen LogP contribution in [0.2, 0.25) is 0 Å². The number of carboxylic acids is 1. The van der Waals surface area contributed by atoms with E-state index >= 15 is 0 Å². The van der Waals surface area contributed by atoms with Crippen LogP contribution < -0.4 is 5.32 Å². The van der Waals surface area contributed by atoms with E-state index in [-0.39, 0.29) is 11.7 Å². The highest BCUT2D eigenvalue weighted by molar-refractivity contribution is 8.01. The maximum Gasteiger partial charge on any atom is 0.316 e. The van der Waals surface area contributed by atoms with E-state index in [0.717, 1.165) is 18.2 Å². The molecule has 0 saturated carbocycles. The van der Waals surface area contributed by atoms with Crippen LogP contribution in [0.15, 0.2) is 0 Å². The lowest BCUT2D eigenvalue weighted by Gasteiger charge is -2.05. The molecule has 0 aliphatic heterocycles. The molecule has 0 saturated heterocycles. The van der Waals surface area contributed by atoms with Gasteiger partial charge in [0.1, 0.15) is 0 Å². The van der Waals surface area contributed by atoms with Gasteiger partial charge in [0.05, 0.1) is 11.0 Å². The van der Waals surface area contributed by atoms with Crippen LogP contribution in [0.25, 0.3) is 0 Å². The molecule has 0 radical (unpaired) electrons. The monoisotopic (exact) mass is 205 g/mol. The Hall–Kier alpha value is -0.710. The standard InChI is InChI=1S/C8H15NO3S/c1-3-4-9-7(10)5-13-6(2)8(11)12/h6H,3-5H2,1-2H3,(H,9,10)(H,11,12). The quantitative estimate of drug-likeness (QED) is 0.670. The Morgan fingerprint density at radius 1 is 1.54 bits per heavy atom. The van der Waals surface area contributed by atoms with Crippen molar-refractivity contribution < 1.29 is 14.7 Å². The molecule has 0 heterocycles. The third-order valence-electron chi connectivity index (χ3n) is 1.38. The van der Waals surface area contributed by atoms with E-state index < -0.39 is 11.2 Å². The van der Waals surface area contributed by atoms with Crippen molar-refractivity contribution in [2.45, 2.75) is 25.5 Å². The summed E-state index contributed by atoms with van der Waals surface area (Å²) in [5.74, 6) is -0.763. The van der Waals surface area contributed by atoms with Crippen LogP contribution in [-0.2, 0) is 9.59 Å². The first kappa shape index (κ1) is 12.3. The first-order chi connectivity index (χ1) is 6.07. The fourth-order valence-corrected chi connectivity index (χ4v) is 1.23. The van der Waals surface area contributed by atoms with Gasteiger partial charge < -0.3 is 10.4 Å². The first-order valence-electron chi connectivity index (χ1n) is 4.19. The Morgan fingerprint density at radius 3 is 2.62 bits per heavy atom. The average molecular weight is 205 g/mol. The number of amides is 1. The predicted octanol–water partition coefficient (Wildman–Crippen LogP) is 0.719. The molecule has 0 aromatic carbocycles. The molecule has 1 unspecified atom stereocenters. The minimum absolute atomic E-state index is 0.0973. The van der Waals surface area contributed by atoms with Crippen LogP contribution in [0.5, 0.6) is 0 Å². The molecule has 0 aliphatic carbocycles. The second kappa shape index (κ2) is 6.77. The summed E-state index contributed by atoms with van der Waals surface area (Å²) in [6, 6.07) is 0. The number of carbonyl (C=O) groups excluding carboxylic acids is 1. The third kappa shape index (κ3) is 6.45. The zero-order valence-electron chi connectivity index (χ0n) is 7.87. The second-order valence-corrected chi connectivity index (χ2v) is 3.97. The van der Waals surface area contributed by atoms with E-state index in [1.807, 2.05) is 6.92 Å². The van der Waals surface area contributed by atoms with Gasteiger partial charge in [-0.2, -0.15) is 0 Å². The fraction of sp³-hybridized carbons (Fsp3) is 0.750. The molecule has 0 aromatic heterocycles. The molecule has 0 bridgehead atoms. The van der Waals surface area contributed by atoms with Gasteiger partial charge in [-0.1, -0.05) is 6.92 Å². The van der Waals surface area contributed by atoms with Crippen LogP contribution in [0, 0.1) is 0 Å². The number of nitrogens with one attached hydrogen (secondary N) is 1. The van der Waals surface area contributed by atoms with Crippen LogP contribution >= 0.6 is 11.8 Å². The Balaban J connectivity index is 3.52. The molecule has 76 valence electrons. The maximum absolute atomic E-state index is 11.0. The van der Waals surface area contributed by atoms with Gasteiger partial charge in [-0.15, -0.1) is 11.8 Å².